The minimum Gasteiger partial charge on any atom is -0.344 e. The second kappa shape index (κ2) is 9.37. The lowest BCUT2D eigenvalue weighted by Crippen LogP contribution is -2.30. The standard InChI is InChI=1S/C25H27NO3S2/c1-18-8-12-22(13-9-18)31(28,29)16-14-24(27)26-25(23-7-4-15-30-23)21-11-10-19-5-2-3-6-20(19)17-21/h4,7-13,15,17,25H,2-3,5-6,14,16H2,1H3,(H,26,27). The molecule has 2 aromatic carbocycles. The molecule has 1 aromatic heterocycles. The number of rotatable bonds is 7. The van der Waals surface area contributed by atoms with E-state index in [1.54, 1.807) is 35.6 Å². The van der Waals surface area contributed by atoms with Crippen molar-refractivity contribution in [3.8, 4) is 0 Å². The molecule has 1 aliphatic carbocycles. The Labute approximate surface area is 188 Å². The van der Waals surface area contributed by atoms with Gasteiger partial charge in [0.25, 0.3) is 0 Å². The van der Waals surface area contributed by atoms with Crippen LogP contribution < -0.4 is 5.32 Å². The summed E-state index contributed by atoms with van der Waals surface area (Å²) in [5, 5.41) is 5.08. The third-order valence-corrected chi connectivity index (χ3v) is 8.49. The lowest BCUT2D eigenvalue weighted by atomic mass is 9.89. The molecular formula is C25H27NO3S2. The molecule has 4 nitrogen and oxygen atoms in total. The van der Waals surface area contributed by atoms with Crippen LogP contribution in [0.15, 0.2) is 64.9 Å². The molecule has 0 radical (unpaired) electrons. The first-order chi connectivity index (χ1) is 14.9. The molecule has 1 aliphatic rings. The van der Waals surface area contributed by atoms with Gasteiger partial charge in [-0.05, 0) is 72.9 Å². The van der Waals surface area contributed by atoms with Crippen molar-refractivity contribution in [2.45, 2.75) is 50.0 Å². The Bertz CT molecular complexity index is 1150. The van der Waals surface area contributed by atoms with Gasteiger partial charge < -0.3 is 5.32 Å². The SMILES string of the molecule is Cc1ccc(S(=O)(=O)CCC(=O)NC(c2ccc3c(c2)CCCC3)c2cccs2)cc1. The van der Waals surface area contributed by atoms with E-state index in [0.29, 0.717) is 0 Å². The van der Waals surface area contributed by atoms with E-state index in [2.05, 4.69) is 23.5 Å². The highest BCUT2D eigenvalue weighted by Crippen LogP contribution is 2.30. The summed E-state index contributed by atoms with van der Waals surface area (Å²) < 4.78 is 25.2. The number of hydrogen-bond donors (Lipinski definition) is 1. The van der Waals surface area contributed by atoms with Crippen LogP contribution in [0.25, 0.3) is 0 Å². The highest BCUT2D eigenvalue weighted by Gasteiger charge is 2.22. The summed E-state index contributed by atoms with van der Waals surface area (Å²) in [7, 11) is -3.50. The van der Waals surface area contributed by atoms with E-state index in [9.17, 15) is 13.2 Å². The molecule has 0 bridgehead atoms. The van der Waals surface area contributed by atoms with E-state index in [4.69, 9.17) is 0 Å². The number of sulfone groups is 1. The van der Waals surface area contributed by atoms with Crippen LogP contribution in [0.4, 0.5) is 0 Å². The maximum atomic E-state index is 12.8. The summed E-state index contributed by atoms with van der Waals surface area (Å²) in [6.07, 6.45) is 4.55. The van der Waals surface area contributed by atoms with Gasteiger partial charge >= 0.3 is 0 Å². The third kappa shape index (κ3) is 5.25. The van der Waals surface area contributed by atoms with Crippen LogP contribution in [-0.4, -0.2) is 20.1 Å². The highest BCUT2D eigenvalue weighted by atomic mass is 32.2. The van der Waals surface area contributed by atoms with E-state index in [1.165, 1.54) is 24.0 Å². The van der Waals surface area contributed by atoms with Crippen molar-refractivity contribution in [2.24, 2.45) is 0 Å². The molecule has 0 saturated heterocycles. The molecule has 162 valence electrons. The molecule has 1 unspecified atom stereocenters. The van der Waals surface area contributed by atoms with Crippen LogP contribution in [0.5, 0.6) is 0 Å². The topological polar surface area (TPSA) is 63.2 Å². The molecule has 0 aliphatic heterocycles. The van der Waals surface area contributed by atoms with E-state index in [0.717, 1.165) is 28.8 Å². The molecule has 1 atom stereocenters. The first-order valence-electron chi connectivity index (χ1n) is 10.7. The maximum absolute atomic E-state index is 12.8. The Morgan fingerprint density at radius 3 is 2.48 bits per heavy atom. The number of carbonyl (C=O) groups excluding carboxylic acids is 1. The highest BCUT2D eigenvalue weighted by molar-refractivity contribution is 7.91. The maximum Gasteiger partial charge on any atom is 0.221 e. The molecule has 0 fully saturated rings. The minimum atomic E-state index is -3.50. The van der Waals surface area contributed by atoms with Crippen molar-refractivity contribution >= 4 is 27.1 Å². The molecule has 3 aromatic rings. The van der Waals surface area contributed by atoms with Gasteiger partial charge in [0.15, 0.2) is 9.84 Å². The van der Waals surface area contributed by atoms with Gasteiger partial charge in [0.1, 0.15) is 0 Å². The van der Waals surface area contributed by atoms with Crippen molar-refractivity contribution in [3.63, 3.8) is 0 Å². The number of aryl methyl sites for hydroxylation is 3. The number of amides is 1. The zero-order chi connectivity index (χ0) is 21.8. The first kappa shape index (κ1) is 21.8. The fourth-order valence-corrected chi connectivity index (χ4v) is 6.07. The first-order valence-corrected chi connectivity index (χ1v) is 13.2. The molecule has 1 N–H and O–H groups in total. The Kier molecular flexibility index (Phi) is 6.58. The van der Waals surface area contributed by atoms with Gasteiger partial charge in [-0.15, -0.1) is 11.3 Å². The number of hydrogen-bond acceptors (Lipinski definition) is 4. The summed E-state index contributed by atoms with van der Waals surface area (Å²) in [5.74, 6) is -0.463. The van der Waals surface area contributed by atoms with E-state index >= 15 is 0 Å². The Hall–Kier alpha value is -2.44. The zero-order valence-electron chi connectivity index (χ0n) is 17.6. The van der Waals surface area contributed by atoms with Gasteiger partial charge in [-0.1, -0.05) is 42.0 Å². The summed E-state index contributed by atoms with van der Waals surface area (Å²) in [6.45, 7) is 1.91. The lowest BCUT2D eigenvalue weighted by molar-refractivity contribution is -0.121. The van der Waals surface area contributed by atoms with Crippen LogP contribution in [0.2, 0.25) is 0 Å². The summed E-state index contributed by atoms with van der Waals surface area (Å²) in [6, 6.07) is 17.0. The molecule has 4 rings (SSSR count). The van der Waals surface area contributed by atoms with Gasteiger partial charge in [0.2, 0.25) is 5.91 Å². The molecule has 1 heterocycles. The van der Waals surface area contributed by atoms with Gasteiger partial charge in [-0.2, -0.15) is 0 Å². The average molecular weight is 454 g/mol. The summed E-state index contributed by atoms with van der Waals surface area (Å²) in [5.41, 5.74) is 4.82. The van der Waals surface area contributed by atoms with Crippen molar-refractivity contribution < 1.29 is 13.2 Å². The normalized spacial score (nSPS) is 14.6. The largest absolute Gasteiger partial charge is 0.344 e. The summed E-state index contributed by atoms with van der Waals surface area (Å²) in [4.78, 5) is 14.1. The van der Waals surface area contributed by atoms with Crippen LogP contribution in [0, 0.1) is 6.92 Å². The number of fused-ring (bicyclic) bond motifs is 1. The Morgan fingerprint density at radius 2 is 1.77 bits per heavy atom. The van der Waals surface area contributed by atoms with Crippen molar-refractivity contribution in [3.05, 3.63) is 87.1 Å². The molecule has 0 saturated carbocycles. The quantitative estimate of drug-likeness (QED) is 0.547. The number of nitrogens with one attached hydrogen (secondary N) is 1. The number of benzene rings is 2. The molecule has 31 heavy (non-hydrogen) atoms. The van der Waals surface area contributed by atoms with Gasteiger partial charge in [-0.3, -0.25) is 4.79 Å². The van der Waals surface area contributed by atoms with Crippen molar-refractivity contribution in [1.82, 2.24) is 5.32 Å². The monoisotopic (exact) mass is 453 g/mol. The molecular weight excluding hydrogens is 426 g/mol. The van der Waals surface area contributed by atoms with Crippen LogP contribution in [0.3, 0.4) is 0 Å². The van der Waals surface area contributed by atoms with Crippen LogP contribution in [-0.2, 0) is 27.5 Å². The Morgan fingerprint density at radius 1 is 1.03 bits per heavy atom. The van der Waals surface area contributed by atoms with Crippen LogP contribution in [0.1, 0.15) is 52.4 Å². The van der Waals surface area contributed by atoms with Crippen molar-refractivity contribution in [2.75, 3.05) is 5.75 Å². The fourth-order valence-electron chi connectivity index (χ4n) is 4.03. The average Bonchev–Trinajstić information content (AvgIpc) is 3.31. The predicted octanol–water partition coefficient (Wildman–Crippen LogP) is 5.00. The van der Waals surface area contributed by atoms with E-state index in [1.807, 2.05) is 24.4 Å². The van der Waals surface area contributed by atoms with Gasteiger partial charge in [0, 0.05) is 11.3 Å². The van der Waals surface area contributed by atoms with E-state index in [-0.39, 0.29) is 29.0 Å². The minimum absolute atomic E-state index is 0.0664. The summed E-state index contributed by atoms with van der Waals surface area (Å²) >= 11 is 1.59. The van der Waals surface area contributed by atoms with Crippen LogP contribution >= 0.6 is 11.3 Å². The molecule has 0 spiro atoms. The predicted molar refractivity (Wildman–Crippen MR) is 125 cm³/mol. The van der Waals surface area contributed by atoms with Gasteiger partial charge in [0.05, 0.1) is 16.7 Å². The Balaban J connectivity index is 1.49. The zero-order valence-corrected chi connectivity index (χ0v) is 19.3. The van der Waals surface area contributed by atoms with E-state index < -0.39 is 9.84 Å². The molecule has 6 heteroatoms. The smallest absolute Gasteiger partial charge is 0.221 e. The number of thiophene rings is 1. The van der Waals surface area contributed by atoms with Crippen molar-refractivity contribution in [1.29, 1.82) is 0 Å². The second-order valence-electron chi connectivity index (χ2n) is 8.13. The van der Waals surface area contributed by atoms with Gasteiger partial charge in [-0.25, -0.2) is 8.42 Å². The second-order valence-corrected chi connectivity index (χ2v) is 11.2. The lowest BCUT2D eigenvalue weighted by Gasteiger charge is -2.22. The fraction of sp³-hybridized carbons (Fsp3) is 0.320. The third-order valence-electron chi connectivity index (χ3n) is 5.82. The molecule has 1 amide bonds. The number of carbonyl (C=O) groups is 1.